The van der Waals surface area contributed by atoms with Gasteiger partial charge in [-0.3, -0.25) is 0 Å². The van der Waals surface area contributed by atoms with E-state index in [0.717, 1.165) is 46.7 Å². The number of rotatable bonds is 6. The summed E-state index contributed by atoms with van der Waals surface area (Å²) >= 11 is 0. The fourth-order valence-corrected chi connectivity index (χ4v) is 3.41. The summed E-state index contributed by atoms with van der Waals surface area (Å²) in [6.07, 6.45) is 4.86. The Balaban J connectivity index is 1.86. The van der Waals surface area contributed by atoms with Gasteiger partial charge >= 0.3 is 0 Å². The van der Waals surface area contributed by atoms with Crippen LogP contribution in [0.25, 0.3) is 33.7 Å². The summed E-state index contributed by atoms with van der Waals surface area (Å²) in [5.41, 5.74) is 5.80. The second-order valence-corrected chi connectivity index (χ2v) is 6.88. The van der Waals surface area contributed by atoms with Crippen LogP contribution in [0.2, 0.25) is 0 Å². The van der Waals surface area contributed by atoms with Crippen LogP contribution >= 0.6 is 0 Å². The Hall–Kier alpha value is -2.75. The Morgan fingerprint density at radius 2 is 1.65 bits per heavy atom. The van der Waals surface area contributed by atoms with Crippen molar-refractivity contribution in [1.82, 2.24) is 19.5 Å². The fourth-order valence-electron chi connectivity index (χ4n) is 3.41. The van der Waals surface area contributed by atoms with Crippen molar-refractivity contribution in [2.45, 2.75) is 46.1 Å². The van der Waals surface area contributed by atoms with E-state index < -0.39 is 0 Å². The first-order valence-electron chi connectivity index (χ1n) is 9.46. The zero-order valence-corrected chi connectivity index (χ0v) is 15.4. The van der Waals surface area contributed by atoms with Crippen LogP contribution in [0.4, 0.5) is 0 Å². The van der Waals surface area contributed by atoms with Gasteiger partial charge in [0.25, 0.3) is 0 Å². The molecule has 0 aliphatic heterocycles. The summed E-state index contributed by atoms with van der Waals surface area (Å²) < 4.78 is 2.25. The average Bonchev–Trinajstić information content (AvgIpc) is 3.01. The molecular weight excluding hydrogens is 320 g/mol. The number of aryl methyl sites for hydroxylation is 2. The Morgan fingerprint density at radius 1 is 0.846 bits per heavy atom. The van der Waals surface area contributed by atoms with Crippen molar-refractivity contribution in [3.05, 3.63) is 54.1 Å². The molecular formula is C22H24N4. The first kappa shape index (κ1) is 16.7. The van der Waals surface area contributed by atoms with Crippen LogP contribution in [0.5, 0.6) is 0 Å². The molecule has 0 unspecified atom stereocenters. The lowest BCUT2D eigenvalue weighted by atomic mass is 10.1. The molecule has 0 bridgehead atoms. The standard InChI is InChI=1S/C22H24N4/c1-3-4-5-8-14-26-21(17-11-9-10-16(2)15-17)25-20-22(26)24-19-13-7-6-12-18(19)23-20/h6-7,9-13,15H,3-5,8,14H2,1-2H3. The van der Waals surface area contributed by atoms with E-state index in [1.54, 1.807) is 0 Å². The minimum Gasteiger partial charge on any atom is -0.307 e. The number of hydrogen-bond acceptors (Lipinski definition) is 3. The van der Waals surface area contributed by atoms with Crippen LogP contribution in [0.1, 0.15) is 38.2 Å². The third-order valence-corrected chi connectivity index (χ3v) is 4.77. The molecule has 0 saturated carbocycles. The van der Waals surface area contributed by atoms with Crippen molar-refractivity contribution in [1.29, 1.82) is 0 Å². The summed E-state index contributed by atoms with van der Waals surface area (Å²) in [5.74, 6) is 0.968. The molecule has 0 spiro atoms. The van der Waals surface area contributed by atoms with Gasteiger partial charge < -0.3 is 4.57 Å². The third-order valence-electron chi connectivity index (χ3n) is 4.77. The van der Waals surface area contributed by atoms with Crippen molar-refractivity contribution in [2.75, 3.05) is 0 Å². The first-order chi connectivity index (χ1) is 12.8. The normalized spacial score (nSPS) is 11.5. The van der Waals surface area contributed by atoms with Crippen LogP contribution in [0.3, 0.4) is 0 Å². The lowest BCUT2D eigenvalue weighted by Gasteiger charge is -2.09. The van der Waals surface area contributed by atoms with Gasteiger partial charge in [0.15, 0.2) is 11.3 Å². The molecule has 0 aliphatic rings. The lowest BCUT2D eigenvalue weighted by molar-refractivity contribution is 0.592. The van der Waals surface area contributed by atoms with Crippen LogP contribution in [0.15, 0.2) is 48.5 Å². The first-order valence-corrected chi connectivity index (χ1v) is 9.46. The smallest absolute Gasteiger partial charge is 0.198 e. The van der Waals surface area contributed by atoms with E-state index in [4.69, 9.17) is 15.0 Å². The Morgan fingerprint density at radius 3 is 2.42 bits per heavy atom. The predicted molar refractivity (Wildman–Crippen MR) is 107 cm³/mol. The van der Waals surface area contributed by atoms with Crippen LogP contribution in [-0.4, -0.2) is 19.5 Å². The number of hydrogen-bond donors (Lipinski definition) is 0. The number of benzene rings is 2. The van der Waals surface area contributed by atoms with Crippen LogP contribution in [-0.2, 0) is 6.54 Å². The summed E-state index contributed by atoms with van der Waals surface area (Å²) in [4.78, 5) is 14.5. The molecule has 4 rings (SSSR count). The molecule has 2 heterocycles. The number of nitrogens with zero attached hydrogens (tertiary/aromatic N) is 4. The highest BCUT2D eigenvalue weighted by Crippen LogP contribution is 2.26. The molecule has 2 aromatic heterocycles. The Labute approximate surface area is 153 Å². The maximum atomic E-state index is 4.88. The molecule has 0 fully saturated rings. The summed E-state index contributed by atoms with van der Waals surface area (Å²) in [5, 5.41) is 0. The van der Waals surface area contributed by atoms with Crippen molar-refractivity contribution >= 4 is 22.3 Å². The maximum Gasteiger partial charge on any atom is 0.198 e. The van der Waals surface area contributed by atoms with E-state index in [1.165, 1.54) is 24.8 Å². The SMILES string of the molecule is CCCCCCn1c(-c2cccc(C)c2)nc2nc3ccccc3nc21. The number of imidazole rings is 1. The second kappa shape index (κ2) is 7.24. The average molecular weight is 344 g/mol. The molecule has 0 amide bonds. The zero-order chi connectivity index (χ0) is 17.9. The van der Waals surface area contributed by atoms with Gasteiger partial charge in [-0.15, -0.1) is 0 Å². The predicted octanol–water partition coefficient (Wildman–Crippen LogP) is 5.54. The Bertz CT molecular complexity index is 1050. The fraction of sp³-hybridized carbons (Fsp3) is 0.318. The van der Waals surface area contributed by atoms with Gasteiger partial charge in [0.1, 0.15) is 5.82 Å². The lowest BCUT2D eigenvalue weighted by Crippen LogP contribution is -2.02. The molecule has 0 aliphatic carbocycles. The summed E-state index contributed by atoms with van der Waals surface area (Å²) in [6, 6.07) is 16.5. The molecule has 4 nitrogen and oxygen atoms in total. The van der Waals surface area contributed by atoms with E-state index in [-0.39, 0.29) is 0 Å². The van der Waals surface area contributed by atoms with Crippen molar-refractivity contribution in [3.63, 3.8) is 0 Å². The van der Waals surface area contributed by atoms with Crippen molar-refractivity contribution in [3.8, 4) is 11.4 Å². The summed E-state index contributed by atoms with van der Waals surface area (Å²) in [7, 11) is 0. The molecule has 4 aromatic rings. The minimum atomic E-state index is 0.732. The molecule has 4 heteroatoms. The Kier molecular flexibility index (Phi) is 4.65. The van der Waals surface area contributed by atoms with E-state index in [1.807, 2.05) is 24.3 Å². The monoisotopic (exact) mass is 344 g/mol. The summed E-state index contributed by atoms with van der Waals surface area (Å²) in [6.45, 7) is 5.28. The maximum absolute atomic E-state index is 4.88. The highest BCUT2D eigenvalue weighted by molar-refractivity contribution is 5.84. The topological polar surface area (TPSA) is 43.6 Å². The van der Waals surface area contributed by atoms with Gasteiger partial charge in [0.2, 0.25) is 0 Å². The molecule has 0 N–H and O–H groups in total. The van der Waals surface area contributed by atoms with Gasteiger partial charge in [-0.2, -0.15) is 0 Å². The molecule has 0 radical (unpaired) electrons. The van der Waals surface area contributed by atoms with Gasteiger partial charge in [-0.05, 0) is 31.5 Å². The molecule has 0 atom stereocenters. The molecule has 2 aromatic carbocycles. The molecule has 26 heavy (non-hydrogen) atoms. The number of para-hydroxylation sites is 2. The van der Waals surface area contributed by atoms with Crippen molar-refractivity contribution in [2.24, 2.45) is 0 Å². The molecule has 0 saturated heterocycles. The number of fused-ring (bicyclic) bond motifs is 2. The quantitative estimate of drug-likeness (QED) is 0.432. The van der Waals surface area contributed by atoms with E-state index in [9.17, 15) is 0 Å². The van der Waals surface area contributed by atoms with E-state index >= 15 is 0 Å². The van der Waals surface area contributed by atoms with Crippen molar-refractivity contribution < 1.29 is 0 Å². The van der Waals surface area contributed by atoms with Gasteiger partial charge in [0, 0.05) is 12.1 Å². The zero-order valence-electron chi connectivity index (χ0n) is 15.4. The highest BCUT2D eigenvalue weighted by atomic mass is 15.2. The van der Waals surface area contributed by atoms with Gasteiger partial charge in [0.05, 0.1) is 11.0 Å². The van der Waals surface area contributed by atoms with Crippen LogP contribution in [0, 0.1) is 6.92 Å². The largest absolute Gasteiger partial charge is 0.307 e. The highest BCUT2D eigenvalue weighted by Gasteiger charge is 2.15. The number of aromatic nitrogens is 4. The molecule has 132 valence electrons. The second-order valence-electron chi connectivity index (χ2n) is 6.88. The van der Waals surface area contributed by atoms with Crippen LogP contribution < -0.4 is 0 Å². The third kappa shape index (κ3) is 3.19. The van der Waals surface area contributed by atoms with E-state index in [0.29, 0.717) is 0 Å². The van der Waals surface area contributed by atoms with Gasteiger partial charge in [-0.25, -0.2) is 15.0 Å². The number of unbranched alkanes of at least 4 members (excludes halogenated alkanes) is 3. The van der Waals surface area contributed by atoms with E-state index in [2.05, 4.69) is 42.7 Å². The van der Waals surface area contributed by atoms with Gasteiger partial charge in [-0.1, -0.05) is 62.1 Å². The minimum absolute atomic E-state index is 0.732.